The van der Waals surface area contributed by atoms with Crippen molar-refractivity contribution in [3.05, 3.63) is 58.6 Å². The molecule has 0 unspecified atom stereocenters. The summed E-state index contributed by atoms with van der Waals surface area (Å²) in [6, 6.07) is 14.8. The Hall–Kier alpha value is -1.86. The van der Waals surface area contributed by atoms with Gasteiger partial charge in [-0.3, -0.25) is 9.69 Å². The summed E-state index contributed by atoms with van der Waals surface area (Å²) >= 11 is 17.4. The van der Waals surface area contributed by atoms with Crippen LogP contribution in [0.25, 0.3) is 0 Å². The fourth-order valence-electron chi connectivity index (χ4n) is 2.86. The highest BCUT2D eigenvalue weighted by atomic mass is 35.5. The number of amides is 1. The topological polar surface area (TPSA) is 47.6 Å². The molecular formula is C19H20Cl2N4OS. The SMILES string of the molecule is O=C(CN1CCN(C(=S)Nc2ccccc2)CC1)Nc1cc(Cl)cc(Cl)c1. The minimum Gasteiger partial charge on any atom is -0.346 e. The number of hydrogen-bond acceptors (Lipinski definition) is 3. The third-order valence-electron chi connectivity index (χ3n) is 4.20. The number of hydrogen-bond donors (Lipinski definition) is 2. The van der Waals surface area contributed by atoms with Crippen molar-refractivity contribution in [2.75, 3.05) is 43.4 Å². The number of para-hydroxylation sites is 1. The van der Waals surface area contributed by atoms with Gasteiger partial charge in [0.2, 0.25) is 5.91 Å². The van der Waals surface area contributed by atoms with Gasteiger partial charge in [-0.05, 0) is 42.5 Å². The minimum absolute atomic E-state index is 0.0910. The molecule has 2 aromatic carbocycles. The number of carbonyl (C=O) groups excluding carboxylic acids is 1. The van der Waals surface area contributed by atoms with Crippen molar-refractivity contribution in [1.29, 1.82) is 0 Å². The van der Waals surface area contributed by atoms with E-state index in [-0.39, 0.29) is 5.91 Å². The van der Waals surface area contributed by atoms with Crippen molar-refractivity contribution >= 4 is 57.8 Å². The second-order valence-corrected chi connectivity index (χ2v) is 7.53. The first-order chi connectivity index (χ1) is 13.0. The van der Waals surface area contributed by atoms with Crippen molar-refractivity contribution < 1.29 is 4.79 Å². The molecule has 1 amide bonds. The quantitative estimate of drug-likeness (QED) is 0.730. The van der Waals surface area contributed by atoms with Gasteiger partial charge in [-0.1, -0.05) is 41.4 Å². The van der Waals surface area contributed by atoms with Gasteiger partial charge in [-0.25, -0.2) is 0 Å². The molecule has 5 nitrogen and oxygen atoms in total. The second kappa shape index (κ2) is 9.37. The zero-order valence-electron chi connectivity index (χ0n) is 14.6. The molecule has 0 atom stereocenters. The molecule has 1 heterocycles. The van der Waals surface area contributed by atoms with E-state index in [9.17, 15) is 4.79 Å². The first-order valence-corrected chi connectivity index (χ1v) is 9.75. The van der Waals surface area contributed by atoms with Crippen LogP contribution in [-0.4, -0.2) is 53.5 Å². The Morgan fingerprint density at radius 1 is 0.926 bits per heavy atom. The minimum atomic E-state index is -0.0910. The molecular weight excluding hydrogens is 403 g/mol. The lowest BCUT2D eigenvalue weighted by Gasteiger charge is -2.35. The summed E-state index contributed by atoms with van der Waals surface area (Å²) in [7, 11) is 0. The van der Waals surface area contributed by atoms with E-state index in [0.29, 0.717) is 27.4 Å². The molecule has 2 N–H and O–H groups in total. The van der Waals surface area contributed by atoms with Gasteiger partial charge in [-0.15, -0.1) is 0 Å². The van der Waals surface area contributed by atoms with Crippen LogP contribution in [0.1, 0.15) is 0 Å². The Labute approximate surface area is 174 Å². The summed E-state index contributed by atoms with van der Waals surface area (Å²) in [5.74, 6) is -0.0910. The summed E-state index contributed by atoms with van der Waals surface area (Å²) in [6.07, 6.45) is 0. The van der Waals surface area contributed by atoms with Crippen LogP contribution in [0.15, 0.2) is 48.5 Å². The van der Waals surface area contributed by atoms with Gasteiger partial charge in [0.25, 0.3) is 0 Å². The average molecular weight is 423 g/mol. The molecule has 0 saturated carbocycles. The van der Waals surface area contributed by atoms with Crippen LogP contribution in [0, 0.1) is 0 Å². The molecule has 0 radical (unpaired) electrons. The third kappa shape index (κ3) is 6.07. The monoisotopic (exact) mass is 422 g/mol. The fourth-order valence-corrected chi connectivity index (χ4v) is 3.69. The van der Waals surface area contributed by atoms with Crippen LogP contribution in [0.4, 0.5) is 11.4 Å². The van der Waals surface area contributed by atoms with Crippen molar-refractivity contribution in [2.45, 2.75) is 0 Å². The second-order valence-electron chi connectivity index (χ2n) is 6.27. The number of nitrogens with zero attached hydrogens (tertiary/aromatic N) is 2. The smallest absolute Gasteiger partial charge is 0.238 e. The van der Waals surface area contributed by atoms with Gasteiger partial charge in [0.05, 0.1) is 6.54 Å². The fraction of sp³-hybridized carbons (Fsp3) is 0.263. The maximum Gasteiger partial charge on any atom is 0.238 e. The van der Waals surface area contributed by atoms with Crippen LogP contribution in [0.2, 0.25) is 10.0 Å². The van der Waals surface area contributed by atoms with E-state index in [1.165, 1.54) is 0 Å². The van der Waals surface area contributed by atoms with Crippen LogP contribution in [-0.2, 0) is 4.79 Å². The van der Waals surface area contributed by atoms with E-state index < -0.39 is 0 Å². The lowest BCUT2D eigenvalue weighted by atomic mass is 10.3. The highest BCUT2D eigenvalue weighted by Gasteiger charge is 2.20. The Balaban J connectivity index is 1.45. The molecule has 1 aliphatic rings. The molecule has 0 spiro atoms. The maximum absolute atomic E-state index is 12.3. The highest BCUT2D eigenvalue weighted by molar-refractivity contribution is 7.80. The predicted octanol–water partition coefficient (Wildman–Crippen LogP) is 3.95. The summed E-state index contributed by atoms with van der Waals surface area (Å²) in [6.45, 7) is 3.39. The van der Waals surface area contributed by atoms with Gasteiger partial charge < -0.3 is 15.5 Å². The van der Waals surface area contributed by atoms with Gasteiger partial charge in [-0.2, -0.15) is 0 Å². The molecule has 3 rings (SSSR count). The molecule has 0 aromatic heterocycles. The third-order valence-corrected chi connectivity index (χ3v) is 4.99. The summed E-state index contributed by atoms with van der Waals surface area (Å²) in [5, 5.41) is 7.77. The van der Waals surface area contributed by atoms with Crippen molar-refractivity contribution in [3.8, 4) is 0 Å². The van der Waals surface area contributed by atoms with Gasteiger partial charge in [0.15, 0.2) is 5.11 Å². The lowest BCUT2D eigenvalue weighted by Crippen LogP contribution is -2.51. The Morgan fingerprint density at radius 2 is 1.56 bits per heavy atom. The van der Waals surface area contributed by atoms with E-state index in [0.717, 1.165) is 31.9 Å². The summed E-state index contributed by atoms with van der Waals surface area (Å²) in [5.41, 5.74) is 1.58. The summed E-state index contributed by atoms with van der Waals surface area (Å²) in [4.78, 5) is 16.5. The molecule has 2 aromatic rings. The normalized spacial score (nSPS) is 14.7. The van der Waals surface area contributed by atoms with E-state index in [1.807, 2.05) is 30.3 Å². The van der Waals surface area contributed by atoms with Crippen LogP contribution in [0.3, 0.4) is 0 Å². The zero-order chi connectivity index (χ0) is 19.2. The standard InChI is InChI=1S/C19H20Cl2N4OS/c20-14-10-15(21)12-17(11-14)22-18(26)13-24-6-8-25(9-7-24)19(27)23-16-4-2-1-3-5-16/h1-5,10-12H,6-9,13H2,(H,22,26)(H,23,27). The van der Waals surface area contributed by atoms with E-state index >= 15 is 0 Å². The zero-order valence-corrected chi connectivity index (χ0v) is 16.9. The van der Waals surface area contributed by atoms with Crippen molar-refractivity contribution in [3.63, 3.8) is 0 Å². The van der Waals surface area contributed by atoms with E-state index in [1.54, 1.807) is 18.2 Å². The maximum atomic E-state index is 12.3. The van der Waals surface area contributed by atoms with E-state index in [2.05, 4.69) is 20.4 Å². The van der Waals surface area contributed by atoms with Crippen LogP contribution < -0.4 is 10.6 Å². The molecule has 0 bridgehead atoms. The lowest BCUT2D eigenvalue weighted by molar-refractivity contribution is -0.117. The Kier molecular flexibility index (Phi) is 6.90. The van der Waals surface area contributed by atoms with Crippen LogP contribution in [0.5, 0.6) is 0 Å². The predicted molar refractivity (Wildman–Crippen MR) is 116 cm³/mol. The Morgan fingerprint density at radius 3 is 2.19 bits per heavy atom. The number of halogens is 2. The van der Waals surface area contributed by atoms with Crippen LogP contribution >= 0.6 is 35.4 Å². The molecule has 142 valence electrons. The molecule has 8 heteroatoms. The van der Waals surface area contributed by atoms with Crippen molar-refractivity contribution in [1.82, 2.24) is 9.80 Å². The van der Waals surface area contributed by atoms with Gasteiger partial charge >= 0.3 is 0 Å². The molecule has 0 aliphatic carbocycles. The molecule has 27 heavy (non-hydrogen) atoms. The van der Waals surface area contributed by atoms with Gasteiger partial charge in [0.1, 0.15) is 0 Å². The summed E-state index contributed by atoms with van der Waals surface area (Å²) < 4.78 is 0. The number of carbonyl (C=O) groups is 1. The van der Waals surface area contributed by atoms with E-state index in [4.69, 9.17) is 35.4 Å². The average Bonchev–Trinajstić information content (AvgIpc) is 2.62. The first kappa shape index (κ1) is 19.9. The number of nitrogens with one attached hydrogen (secondary N) is 2. The largest absolute Gasteiger partial charge is 0.346 e. The molecule has 1 fully saturated rings. The number of piperazine rings is 1. The number of benzene rings is 2. The van der Waals surface area contributed by atoms with Crippen molar-refractivity contribution in [2.24, 2.45) is 0 Å². The number of rotatable bonds is 4. The van der Waals surface area contributed by atoms with Gasteiger partial charge in [0, 0.05) is 47.6 Å². The Bertz CT molecular complexity index is 790. The number of anilines is 2. The highest BCUT2D eigenvalue weighted by Crippen LogP contribution is 2.22. The first-order valence-electron chi connectivity index (χ1n) is 8.59. The molecule has 1 aliphatic heterocycles. The molecule has 1 saturated heterocycles. The number of thiocarbonyl (C=S) groups is 1.